The van der Waals surface area contributed by atoms with E-state index in [1.807, 2.05) is 0 Å². The molecule has 2 nitrogen and oxygen atoms in total. The Morgan fingerprint density at radius 2 is 1.88 bits per heavy atom. The van der Waals surface area contributed by atoms with E-state index in [0.29, 0.717) is 5.41 Å². The molecule has 3 aliphatic rings. The number of hydrogen-bond acceptors (Lipinski definition) is 2. The first-order chi connectivity index (χ1) is 7.86. The van der Waals surface area contributed by atoms with Crippen LogP contribution in [-0.4, -0.2) is 12.2 Å². The molecule has 16 heavy (non-hydrogen) atoms. The Labute approximate surface area is 96.4 Å². The number of rotatable bonds is 0. The van der Waals surface area contributed by atoms with Crippen molar-refractivity contribution < 1.29 is 0 Å². The Hall–Kier alpha value is -1.02. The largest absolute Gasteiger partial charge is 0.366 e. The molecule has 0 spiro atoms. The number of para-hydroxylation sites is 1. The molecular formula is C14H18N2. The lowest BCUT2D eigenvalue weighted by atomic mass is 9.65. The average molecular weight is 214 g/mol. The molecule has 1 saturated heterocycles. The lowest BCUT2D eigenvalue weighted by Gasteiger charge is -2.44. The summed E-state index contributed by atoms with van der Waals surface area (Å²) in [5.74, 6) is 0. The van der Waals surface area contributed by atoms with Crippen LogP contribution in [0.15, 0.2) is 24.3 Å². The maximum atomic E-state index is 3.79. The van der Waals surface area contributed by atoms with Crippen molar-refractivity contribution in [3.8, 4) is 0 Å². The molecule has 0 aromatic heterocycles. The molecule has 1 saturated carbocycles. The van der Waals surface area contributed by atoms with Crippen LogP contribution in [0.2, 0.25) is 0 Å². The third-order valence-electron chi connectivity index (χ3n) is 4.99. The van der Waals surface area contributed by atoms with Crippen molar-refractivity contribution in [3.63, 3.8) is 0 Å². The maximum absolute atomic E-state index is 3.79. The highest BCUT2D eigenvalue weighted by Crippen LogP contribution is 2.57. The highest BCUT2D eigenvalue weighted by Gasteiger charge is 2.60. The van der Waals surface area contributed by atoms with Gasteiger partial charge in [-0.15, -0.1) is 0 Å². The molecular weight excluding hydrogens is 196 g/mol. The molecule has 0 radical (unpaired) electrons. The monoisotopic (exact) mass is 214 g/mol. The standard InChI is InChI=1S/C14H18N2/c1-2-6-12-11(5-1)13-7-3-4-8-14(13,16-12)15-10-9-13/h1-2,5-6,15-16H,3-4,7-10H2. The van der Waals surface area contributed by atoms with Crippen molar-refractivity contribution >= 4 is 5.69 Å². The Balaban J connectivity index is 1.95. The molecule has 2 heteroatoms. The third kappa shape index (κ3) is 0.844. The zero-order valence-electron chi connectivity index (χ0n) is 9.55. The molecule has 2 aliphatic heterocycles. The average Bonchev–Trinajstić information content (AvgIpc) is 2.80. The van der Waals surface area contributed by atoms with Gasteiger partial charge in [0.1, 0.15) is 0 Å². The van der Waals surface area contributed by atoms with Gasteiger partial charge in [0, 0.05) is 11.1 Å². The van der Waals surface area contributed by atoms with Gasteiger partial charge in [-0.3, -0.25) is 5.32 Å². The number of hydrogen-bond donors (Lipinski definition) is 2. The molecule has 2 atom stereocenters. The van der Waals surface area contributed by atoms with Gasteiger partial charge in [-0.05, 0) is 43.9 Å². The van der Waals surface area contributed by atoms with E-state index >= 15 is 0 Å². The normalized spacial score (nSPS) is 39.8. The van der Waals surface area contributed by atoms with Gasteiger partial charge >= 0.3 is 0 Å². The molecule has 0 bridgehead atoms. The van der Waals surface area contributed by atoms with Crippen LogP contribution < -0.4 is 10.6 Å². The Bertz CT molecular complexity index is 442. The predicted octanol–water partition coefficient (Wildman–Crippen LogP) is 2.61. The fraction of sp³-hybridized carbons (Fsp3) is 0.571. The molecule has 0 amide bonds. The summed E-state index contributed by atoms with van der Waals surface area (Å²) in [6, 6.07) is 8.91. The van der Waals surface area contributed by atoms with Gasteiger partial charge in [0.25, 0.3) is 0 Å². The van der Waals surface area contributed by atoms with E-state index in [2.05, 4.69) is 34.9 Å². The first kappa shape index (κ1) is 9.06. The van der Waals surface area contributed by atoms with Crippen LogP contribution in [0, 0.1) is 0 Å². The molecule has 4 rings (SSSR count). The van der Waals surface area contributed by atoms with Crippen LogP contribution in [0.5, 0.6) is 0 Å². The van der Waals surface area contributed by atoms with E-state index < -0.39 is 0 Å². The number of anilines is 1. The van der Waals surface area contributed by atoms with Crippen LogP contribution in [0.3, 0.4) is 0 Å². The van der Waals surface area contributed by atoms with Gasteiger partial charge in [-0.25, -0.2) is 0 Å². The van der Waals surface area contributed by atoms with Crippen molar-refractivity contribution in [1.82, 2.24) is 5.32 Å². The summed E-state index contributed by atoms with van der Waals surface area (Å²) in [4.78, 5) is 0. The lowest BCUT2D eigenvalue weighted by Crippen LogP contribution is -2.57. The minimum atomic E-state index is 0.189. The molecule has 1 aromatic carbocycles. The van der Waals surface area contributed by atoms with Crippen LogP contribution >= 0.6 is 0 Å². The summed E-state index contributed by atoms with van der Waals surface area (Å²) in [6.45, 7) is 1.17. The first-order valence-corrected chi connectivity index (χ1v) is 6.49. The fourth-order valence-corrected chi connectivity index (χ4v) is 4.32. The predicted molar refractivity (Wildman–Crippen MR) is 65.6 cm³/mol. The Morgan fingerprint density at radius 3 is 2.88 bits per heavy atom. The summed E-state index contributed by atoms with van der Waals surface area (Å²) < 4.78 is 0. The summed E-state index contributed by atoms with van der Waals surface area (Å²) in [5, 5.41) is 7.55. The summed E-state index contributed by atoms with van der Waals surface area (Å²) in [7, 11) is 0. The minimum Gasteiger partial charge on any atom is -0.366 e. The van der Waals surface area contributed by atoms with E-state index in [4.69, 9.17) is 0 Å². The van der Waals surface area contributed by atoms with E-state index in [9.17, 15) is 0 Å². The highest BCUT2D eigenvalue weighted by atomic mass is 15.3. The second-order valence-corrected chi connectivity index (χ2v) is 5.54. The topological polar surface area (TPSA) is 24.1 Å². The molecule has 2 heterocycles. The number of benzene rings is 1. The van der Waals surface area contributed by atoms with Gasteiger partial charge in [0.2, 0.25) is 0 Å². The van der Waals surface area contributed by atoms with E-state index in [1.54, 1.807) is 5.56 Å². The van der Waals surface area contributed by atoms with Crippen molar-refractivity contribution in [1.29, 1.82) is 0 Å². The molecule has 2 N–H and O–H groups in total. The SMILES string of the molecule is c1ccc2c(c1)NC13CCCCC21CCN3. The zero-order valence-corrected chi connectivity index (χ0v) is 9.55. The van der Waals surface area contributed by atoms with Crippen LogP contribution in [-0.2, 0) is 5.41 Å². The second-order valence-electron chi connectivity index (χ2n) is 5.54. The maximum Gasteiger partial charge on any atom is 0.0981 e. The molecule has 1 aromatic rings. The van der Waals surface area contributed by atoms with Gasteiger partial charge in [-0.2, -0.15) is 0 Å². The quantitative estimate of drug-likeness (QED) is 0.693. The Morgan fingerprint density at radius 1 is 1.00 bits per heavy atom. The van der Waals surface area contributed by atoms with E-state index in [0.717, 1.165) is 0 Å². The van der Waals surface area contributed by atoms with Crippen LogP contribution in [0.4, 0.5) is 5.69 Å². The second kappa shape index (κ2) is 2.80. The summed E-state index contributed by atoms with van der Waals surface area (Å²) in [5.41, 5.74) is 3.52. The van der Waals surface area contributed by atoms with Gasteiger partial charge in [-0.1, -0.05) is 24.6 Å². The van der Waals surface area contributed by atoms with Gasteiger partial charge < -0.3 is 5.32 Å². The van der Waals surface area contributed by atoms with Crippen molar-refractivity contribution in [2.75, 3.05) is 11.9 Å². The van der Waals surface area contributed by atoms with E-state index in [-0.39, 0.29) is 5.66 Å². The van der Waals surface area contributed by atoms with Crippen LogP contribution in [0.1, 0.15) is 37.7 Å². The molecule has 84 valence electrons. The molecule has 2 fully saturated rings. The summed E-state index contributed by atoms with van der Waals surface area (Å²) >= 11 is 0. The van der Waals surface area contributed by atoms with Gasteiger partial charge in [0.15, 0.2) is 0 Å². The third-order valence-corrected chi connectivity index (χ3v) is 4.99. The highest BCUT2D eigenvalue weighted by molar-refractivity contribution is 5.65. The smallest absolute Gasteiger partial charge is 0.0981 e. The number of fused-ring (bicyclic) bond motifs is 1. The lowest BCUT2D eigenvalue weighted by molar-refractivity contribution is 0.195. The van der Waals surface area contributed by atoms with Crippen molar-refractivity contribution in [3.05, 3.63) is 29.8 Å². The number of nitrogens with one attached hydrogen (secondary N) is 2. The Kier molecular flexibility index (Phi) is 1.59. The van der Waals surface area contributed by atoms with E-state index in [1.165, 1.54) is 44.3 Å². The molecule has 1 aliphatic carbocycles. The zero-order chi connectivity index (χ0) is 10.6. The minimum absolute atomic E-state index is 0.189. The van der Waals surface area contributed by atoms with Crippen LogP contribution in [0.25, 0.3) is 0 Å². The van der Waals surface area contributed by atoms with Gasteiger partial charge in [0.05, 0.1) is 5.66 Å². The summed E-state index contributed by atoms with van der Waals surface area (Å²) in [6.07, 6.45) is 6.68. The molecule has 2 unspecified atom stereocenters. The first-order valence-electron chi connectivity index (χ1n) is 6.49. The van der Waals surface area contributed by atoms with Crippen molar-refractivity contribution in [2.45, 2.75) is 43.2 Å². The fourth-order valence-electron chi connectivity index (χ4n) is 4.32. The van der Waals surface area contributed by atoms with Crippen molar-refractivity contribution in [2.24, 2.45) is 0 Å².